The minimum Gasteiger partial charge on any atom is -0.0651 e. The van der Waals surface area contributed by atoms with Crippen molar-refractivity contribution in [2.24, 2.45) is 40.9 Å². The van der Waals surface area contributed by atoms with E-state index >= 15 is 0 Å². The molecule has 1 aliphatic carbocycles. The van der Waals surface area contributed by atoms with Gasteiger partial charge < -0.3 is 0 Å². The maximum atomic E-state index is 2.50. The minimum atomic E-state index is 0.601. The molecule has 0 heterocycles. The van der Waals surface area contributed by atoms with Crippen molar-refractivity contribution in [3.8, 4) is 0 Å². The zero-order valence-electron chi connectivity index (χ0n) is 13.4. The Morgan fingerprint density at radius 2 is 1.53 bits per heavy atom. The van der Waals surface area contributed by atoms with E-state index in [0.29, 0.717) is 5.41 Å². The Morgan fingerprint density at radius 1 is 1.06 bits per heavy atom. The first kappa shape index (κ1) is 15.1. The first-order valence-corrected chi connectivity index (χ1v) is 7.73. The predicted molar refractivity (Wildman–Crippen MR) is 78.0 cm³/mol. The molecule has 0 saturated heterocycles. The van der Waals surface area contributed by atoms with E-state index in [0.717, 1.165) is 35.5 Å². The molecule has 5 atom stereocenters. The van der Waals surface area contributed by atoms with Gasteiger partial charge in [0.15, 0.2) is 0 Å². The summed E-state index contributed by atoms with van der Waals surface area (Å²) in [5.41, 5.74) is 0.601. The Morgan fingerprint density at radius 3 is 1.82 bits per heavy atom. The van der Waals surface area contributed by atoms with Gasteiger partial charge in [0.25, 0.3) is 0 Å². The van der Waals surface area contributed by atoms with Crippen molar-refractivity contribution in [3.05, 3.63) is 0 Å². The summed E-state index contributed by atoms with van der Waals surface area (Å²) in [6.45, 7) is 19.5. The van der Waals surface area contributed by atoms with Crippen molar-refractivity contribution in [1.82, 2.24) is 0 Å². The summed E-state index contributed by atoms with van der Waals surface area (Å²) in [4.78, 5) is 0. The third kappa shape index (κ3) is 3.06. The van der Waals surface area contributed by atoms with Gasteiger partial charge in [-0.15, -0.1) is 0 Å². The molecule has 0 nitrogen and oxygen atoms in total. The van der Waals surface area contributed by atoms with Crippen LogP contribution < -0.4 is 0 Å². The molecule has 0 bridgehead atoms. The van der Waals surface area contributed by atoms with Crippen molar-refractivity contribution in [1.29, 1.82) is 0 Å². The van der Waals surface area contributed by atoms with Gasteiger partial charge in [0.1, 0.15) is 0 Å². The highest BCUT2D eigenvalue weighted by atomic mass is 14.6. The van der Waals surface area contributed by atoms with E-state index < -0.39 is 0 Å². The molecule has 1 fully saturated rings. The van der Waals surface area contributed by atoms with Gasteiger partial charge in [0, 0.05) is 0 Å². The van der Waals surface area contributed by atoms with Crippen molar-refractivity contribution in [2.75, 3.05) is 0 Å². The van der Waals surface area contributed by atoms with Crippen LogP contribution >= 0.6 is 0 Å². The molecule has 1 rings (SSSR count). The van der Waals surface area contributed by atoms with Crippen molar-refractivity contribution >= 4 is 0 Å². The Hall–Kier alpha value is 0. The lowest BCUT2D eigenvalue weighted by Gasteiger charge is -2.30. The van der Waals surface area contributed by atoms with E-state index in [1.165, 1.54) is 12.8 Å². The summed E-state index contributed by atoms with van der Waals surface area (Å²) in [6.07, 6.45) is 2.76. The van der Waals surface area contributed by atoms with Crippen molar-refractivity contribution < 1.29 is 0 Å². The molecular formula is C17H34. The number of rotatable bonds is 6. The van der Waals surface area contributed by atoms with E-state index in [1.54, 1.807) is 0 Å². The lowest BCUT2D eigenvalue weighted by atomic mass is 9.75. The SMILES string of the molecule is CCC(CC(C)C)C(C)C(C)C1C(C)C1(C)C. The zero-order valence-corrected chi connectivity index (χ0v) is 13.4. The second kappa shape index (κ2) is 5.33. The highest BCUT2D eigenvalue weighted by molar-refractivity contribution is 5.05. The van der Waals surface area contributed by atoms with Gasteiger partial charge in [-0.25, -0.2) is 0 Å². The Bertz CT molecular complexity index is 238. The van der Waals surface area contributed by atoms with Crippen LogP contribution in [0.2, 0.25) is 0 Å². The minimum absolute atomic E-state index is 0.601. The van der Waals surface area contributed by atoms with Crippen LogP contribution in [0.4, 0.5) is 0 Å². The van der Waals surface area contributed by atoms with Crippen molar-refractivity contribution in [2.45, 2.75) is 68.2 Å². The van der Waals surface area contributed by atoms with Crippen LogP contribution in [0.1, 0.15) is 68.2 Å². The van der Waals surface area contributed by atoms with E-state index in [2.05, 4.69) is 55.4 Å². The fraction of sp³-hybridized carbons (Fsp3) is 1.00. The van der Waals surface area contributed by atoms with Crippen LogP contribution in [0, 0.1) is 40.9 Å². The van der Waals surface area contributed by atoms with Gasteiger partial charge in [-0.05, 0) is 47.3 Å². The summed E-state index contributed by atoms with van der Waals surface area (Å²) in [7, 11) is 0. The Balaban J connectivity index is 2.59. The summed E-state index contributed by atoms with van der Waals surface area (Å²) < 4.78 is 0. The Labute approximate surface area is 110 Å². The van der Waals surface area contributed by atoms with Gasteiger partial charge in [-0.3, -0.25) is 0 Å². The van der Waals surface area contributed by atoms with Gasteiger partial charge >= 0.3 is 0 Å². The molecule has 0 aromatic rings. The fourth-order valence-corrected chi connectivity index (χ4v) is 4.19. The van der Waals surface area contributed by atoms with Gasteiger partial charge in [-0.1, -0.05) is 61.8 Å². The van der Waals surface area contributed by atoms with Gasteiger partial charge in [-0.2, -0.15) is 0 Å². The smallest absolute Gasteiger partial charge is 0.0292 e. The maximum absolute atomic E-state index is 2.50. The number of hydrogen-bond donors (Lipinski definition) is 0. The third-order valence-corrected chi connectivity index (χ3v) is 5.90. The molecule has 17 heavy (non-hydrogen) atoms. The van der Waals surface area contributed by atoms with Crippen LogP contribution in [-0.4, -0.2) is 0 Å². The van der Waals surface area contributed by atoms with E-state index in [9.17, 15) is 0 Å². The first-order chi connectivity index (χ1) is 7.73. The van der Waals surface area contributed by atoms with E-state index in [-0.39, 0.29) is 0 Å². The second-order valence-corrected chi connectivity index (χ2v) is 7.65. The third-order valence-electron chi connectivity index (χ3n) is 5.90. The summed E-state index contributed by atoms with van der Waals surface area (Å²) in [6, 6.07) is 0. The molecule has 0 aromatic carbocycles. The van der Waals surface area contributed by atoms with Crippen LogP contribution in [0.25, 0.3) is 0 Å². The maximum Gasteiger partial charge on any atom is -0.0292 e. The first-order valence-electron chi connectivity index (χ1n) is 7.73. The summed E-state index contributed by atoms with van der Waals surface area (Å²) >= 11 is 0. The molecule has 1 saturated carbocycles. The van der Waals surface area contributed by atoms with Crippen molar-refractivity contribution in [3.63, 3.8) is 0 Å². The molecule has 0 N–H and O–H groups in total. The molecule has 5 unspecified atom stereocenters. The van der Waals surface area contributed by atoms with Crippen LogP contribution in [-0.2, 0) is 0 Å². The summed E-state index contributed by atoms with van der Waals surface area (Å²) in [5, 5.41) is 0. The Kier molecular flexibility index (Phi) is 4.72. The largest absolute Gasteiger partial charge is 0.0651 e. The second-order valence-electron chi connectivity index (χ2n) is 7.65. The molecule has 0 aromatic heterocycles. The number of hydrogen-bond acceptors (Lipinski definition) is 0. The molecule has 102 valence electrons. The van der Waals surface area contributed by atoms with Gasteiger partial charge in [0.2, 0.25) is 0 Å². The quantitative estimate of drug-likeness (QED) is 0.563. The van der Waals surface area contributed by atoms with E-state index in [4.69, 9.17) is 0 Å². The highest BCUT2D eigenvalue weighted by Crippen LogP contribution is 2.63. The monoisotopic (exact) mass is 238 g/mol. The molecule has 0 aliphatic heterocycles. The topological polar surface area (TPSA) is 0 Å². The molecule has 0 amide bonds. The van der Waals surface area contributed by atoms with Gasteiger partial charge in [0.05, 0.1) is 0 Å². The standard InChI is InChI=1S/C17H34/c1-9-15(10-11(2)3)12(4)13(5)16-14(6)17(16,7)8/h11-16H,9-10H2,1-8H3. The average Bonchev–Trinajstić information content (AvgIpc) is 2.72. The lowest BCUT2D eigenvalue weighted by molar-refractivity contribution is 0.190. The molecular weight excluding hydrogens is 204 g/mol. The van der Waals surface area contributed by atoms with Crippen LogP contribution in [0.5, 0.6) is 0 Å². The molecule has 1 aliphatic rings. The normalized spacial score (nSPS) is 32.3. The average molecular weight is 238 g/mol. The molecule has 0 radical (unpaired) electrons. The predicted octanol–water partition coefficient (Wildman–Crippen LogP) is 5.62. The molecule has 0 heteroatoms. The lowest BCUT2D eigenvalue weighted by Crippen LogP contribution is -2.23. The zero-order chi connectivity index (χ0) is 13.4. The van der Waals surface area contributed by atoms with Crippen LogP contribution in [0.3, 0.4) is 0 Å². The molecule has 0 spiro atoms. The van der Waals surface area contributed by atoms with Crippen LogP contribution in [0.15, 0.2) is 0 Å². The fourth-order valence-electron chi connectivity index (χ4n) is 4.19. The summed E-state index contributed by atoms with van der Waals surface area (Å²) in [5.74, 6) is 5.43. The highest BCUT2D eigenvalue weighted by Gasteiger charge is 2.57. The van der Waals surface area contributed by atoms with E-state index in [1.807, 2.05) is 0 Å².